The van der Waals surface area contributed by atoms with Gasteiger partial charge in [-0.3, -0.25) is 0 Å². The topological polar surface area (TPSA) is 43.7 Å². The molecule has 0 bridgehead atoms. The second-order valence-electron chi connectivity index (χ2n) is 5.52. The average Bonchev–Trinajstić information content (AvgIpc) is 2.32. The summed E-state index contributed by atoms with van der Waals surface area (Å²) < 4.78 is 0. The van der Waals surface area contributed by atoms with Crippen molar-refractivity contribution in [3.05, 3.63) is 29.8 Å². The molecule has 2 N–H and O–H groups in total. The highest BCUT2D eigenvalue weighted by Gasteiger charge is 2.32. The molecule has 0 radical (unpaired) electrons. The lowest BCUT2D eigenvalue weighted by molar-refractivity contribution is 0.0220. The summed E-state index contributed by atoms with van der Waals surface area (Å²) in [5.74, 6) is 0.556. The van der Waals surface area contributed by atoms with Crippen molar-refractivity contribution >= 4 is 0 Å². The van der Waals surface area contributed by atoms with E-state index >= 15 is 0 Å². The summed E-state index contributed by atoms with van der Waals surface area (Å²) in [7, 11) is 4.08. The number of hydrogen-bond acceptors (Lipinski definition) is 3. The summed E-state index contributed by atoms with van der Waals surface area (Å²) in [5.41, 5.74) is 1.09. The molecular formula is C15H23NO2. The van der Waals surface area contributed by atoms with Crippen LogP contribution in [0.5, 0.6) is 5.75 Å². The molecule has 18 heavy (non-hydrogen) atoms. The third-order valence-corrected chi connectivity index (χ3v) is 3.96. The minimum Gasteiger partial charge on any atom is -0.508 e. The highest BCUT2D eigenvalue weighted by atomic mass is 16.3. The number of rotatable bonds is 3. The molecule has 0 unspecified atom stereocenters. The van der Waals surface area contributed by atoms with Gasteiger partial charge in [0.15, 0.2) is 0 Å². The van der Waals surface area contributed by atoms with Gasteiger partial charge < -0.3 is 15.1 Å². The molecule has 3 atom stereocenters. The Kier molecular flexibility index (Phi) is 4.25. The van der Waals surface area contributed by atoms with E-state index < -0.39 is 0 Å². The van der Waals surface area contributed by atoms with Gasteiger partial charge in [0.1, 0.15) is 5.75 Å². The van der Waals surface area contributed by atoms with Crippen LogP contribution in [0.3, 0.4) is 0 Å². The van der Waals surface area contributed by atoms with Crippen molar-refractivity contribution in [3.63, 3.8) is 0 Å². The minimum absolute atomic E-state index is 0.174. The van der Waals surface area contributed by atoms with E-state index in [-0.39, 0.29) is 18.1 Å². The van der Waals surface area contributed by atoms with E-state index in [4.69, 9.17) is 0 Å². The Hall–Kier alpha value is -1.06. The van der Waals surface area contributed by atoms with Crippen LogP contribution >= 0.6 is 0 Å². The van der Waals surface area contributed by atoms with E-state index in [1.165, 1.54) is 6.42 Å². The van der Waals surface area contributed by atoms with Crippen LogP contribution in [0.1, 0.15) is 37.3 Å². The second kappa shape index (κ2) is 5.72. The van der Waals surface area contributed by atoms with Gasteiger partial charge in [0.25, 0.3) is 0 Å². The predicted octanol–water partition coefficient (Wildman–Crippen LogP) is 2.55. The molecule has 0 amide bonds. The quantitative estimate of drug-likeness (QED) is 0.865. The van der Waals surface area contributed by atoms with Crippen molar-refractivity contribution in [3.8, 4) is 5.75 Å². The molecule has 100 valence electrons. The molecule has 1 aliphatic rings. The number of phenolic OH excluding ortho intramolecular Hbond substituents is 1. The minimum atomic E-state index is -0.228. The number of aliphatic hydroxyl groups is 1. The molecule has 0 heterocycles. The number of nitrogens with zero attached hydrogens (tertiary/aromatic N) is 1. The third-order valence-electron chi connectivity index (χ3n) is 3.96. The van der Waals surface area contributed by atoms with E-state index in [1.54, 1.807) is 6.07 Å². The molecule has 1 saturated carbocycles. The lowest BCUT2D eigenvalue weighted by Crippen LogP contribution is -2.36. The largest absolute Gasteiger partial charge is 0.508 e. The smallest absolute Gasteiger partial charge is 0.115 e. The summed E-state index contributed by atoms with van der Waals surface area (Å²) >= 11 is 0. The predicted molar refractivity (Wildman–Crippen MR) is 72.5 cm³/mol. The van der Waals surface area contributed by atoms with Crippen LogP contribution < -0.4 is 0 Å². The van der Waals surface area contributed by atoms with Gasteiger partial charge in [0, 0.05) is 12.0 Å². The standard InChI is InChI=1S/C15H23NO2/c1-16(2)15(11-6-5-7-12(17)10-11)13-8-3-4-9-14(13)18/h5-7,10,13-15,17-18H,3-4,8-9H2,1-2H3/t13-,14+,15-/m0/s1. The Balaban J connectivity index is 2.27. The van der Waals surface area contributed by atoms with Crippen LogP contribution in [0.15, 0.2) is 24.3 Å². The summed E-state index contributed by atoms with van der Waals surface area (Å²) in [6.45, 7) is 0. The van der Waals surface area contributed by atoms with Crippen molar-refractivity contribution in [2.24, 2.45) is 5.92 Å². The molecule has 0 spiro atoms. The number of hydrogen-bond donors (Lipinski definition) is 2. The fourth-order valence-electron chi connectivity index (χ4n) is 3.15. The normalized spacial score (nSPS) is 26.2. The van der Waals surface area contributed by atoms with Gasteiger partial charge in [-0.1, -0.05) is 25.0 Å². The molecule has 0 aromatic heterocycles. The zero-order chi connectivity index (χ0) is 13.1. The van der Waals surface area contributed by atoms with E-state index in [9.17, 15) is 10.2 Å². The van der Waals surface area contributed by atoms with E-state index in [0.717, 1.165) is 24.8 Å². The maximum atomic E-state index is 10.2. The number of phenols is 1. The second-order valence-corrected chi connectivity index (χ2v) is 5.52. The summed E-state index contributed by atoms with van der Waals surface area (Å²) in [6, 6.07) is 7.58. The number of aromatic hydroxyl groups is 1. The van der Waals surface area contributed by atoms with Crippen molar-refractivity contribution in [1.82, 2.24) is 4.90 Å². The molecule has 2 rings (SSSR count). The summed E-state index contributed by atoms with van der Waals surface area (Å²) in [5, 5.41) is 19.9. The van der Waals surface area contributed by atoms with Crippen LogP contribution in [0.4, 0.5) is 0 Å². The van der Waals surface area contributed by atoms with Gasteiger partial charge in [0.05, 0.1) is 6.10 Å². The van der Waals surface area contributed by atoms with Gasteiger partial charge in [-0.2, -0.15) is 0 Å². The lowest BCUT2D eigenvalue weighted by atomic mass is 9.78. The van der Waals surface area contributed by atoms with Crippen LogP contribution in [-0.4, -0.2) is 35.3 Å². The van der Waals surface area contributed by atoms with Crippen LogP contribution in [-0.2, 0) is 0 Å². The molecule has 1 aromatic carbocycles. The first kappa shape index (κ1) is 13.4. The van der Waals surface area contributed by atoms with Gasteiger partial charge in [0.2, 0.25) is 0 Å². The first-order valence-electron chi connectivity index (χ1n) is 6.73. The molecule has 0 saturated heterocycles. The lowest BCUT2D eigenvalue weighted by Gasteiger charge is -2.38. The molecule has 3 heteroatoms. The molecule has 0 aliphatic heterocycles. The van der Waals surface area contributed by atoms with E-state index in [2.05, 4.69) is 4.90 Å². The monoisotopic (exact) mass is 249 g/mol. The molecule has 1 aromatic rings. The molecule has 3 nitrogen and oxygen atoms in total. The molecular weight excluding hydrogens is 226 g/mol. The Labute approximate surface area is 109 Å². The highest BCUT2D eigenvalue weighted by molar-refractivity contribution is 5.30. The molecule has 1 fully saturated rings. The van der Waals surface area contributed by atoms with Gasteiger partial charge >= 0.3 is 0 Å². The maximum absolute atomic E-state index is 10.2. The number of benzene rings is 1. The Bertz CT molecular complexity index is 392. The Morgan fingerprint density at radius 2 is 1.94 bits per heavy atom. The first-order valence-corrected chi connectivity index (χ1v) is 6.73. The third kappa shape index (κ3) is 2.85. The summed E-state index contributed by atoms with van der Waals surface area (Å²) in [6.07, 6.45) is 4.03. The summed E-state index contributed by atoms with van der Waals surface area (Å²) in [4.78, 5) is 2.15. The highest BCUT2D eigenvalue weighted by Crippen LogP contribution is 2.38. The van der Waals surface area contributed by atoms with Crippen LogP contribution in [0, 0.1) is 5.92 Å². The fraction of sp³-hybridized carbons (Fsp3) is 0.600. The van der Waals surface area contributed by atoms with Crippen LogP contribution in [0.25, 0.3) is 0 Å². The fourth-order valence-corrected chi connectivity index (χ4v) is 3.15. The zero-order valence-electron chi connectivity index (χ0n) is 11.2. The molecule has 1 aliphatic carbocycles. The first-order chi connectivity index (χ1) is 8.59. The number of aliphatic hydroxyl groups excluding tert-OH is 1. The van der Waals surface area contributed by atoms with Gasteiger partial charge in [-0.25, -0.2) is 0 Å². The van der Waals surface area contributed by atoms with Gasteiger partial charge in [-0.05, 0) is 44.6 Å². The Morgan fingerprint density at radius 1 is 1.22 bits per heavy atom. The van der Waals surface area contributed by atoms with Crippen molar-refractivity contribution in [2.75, 3.05) is 14.1 Å². The van der Waals surface area contributed by atoms with Gasteiger partial charge in [-0.15, -0.1) is 0 Å². The zero-order valence-corrected chi connectivity index (χ0v) is 11.2. The van der Waals surface area contributed by atoms with E-state index in [0.29, 0.717) is 5.75 Å². The Morgan fingerprint density at radius 3 is 2.56 bits per heavy atom. The SMILES string of the molecule is CN(C)[C@@H](c1cccc(O)c1)[C@H]1CCCC[C@H]1O. The average molecular weight is 249 g/mol. The van der Waals surface area contributed by atoms with Crippen LogP contribution in [0.2, 0.25) is 0 Å². The maximum Gasteiger partial charge on any atom is 0.115 e. The van der Waals surface area contributed by atoms with Crippen molar-refractivity contribution in [2.45, 2.75) is 37.8 Å². The van der Waals surface area contributed by atoms with E-state index in [1.807, 2.05) is 32.3 Å². The van der Waals surface area contributed by atoms with Crippen molar-refractivity contribution in [1.29, 1.82) is 0 Å². The van der Waals surface area contributed by atoms with Crippen molar-refractivity contribution < 1.29 is 10.2 Å².